The predicted molar refractivity (Wildman–Crippen MR) is 373 cm³/mol. The molecule has 1 amide bonds. The minimum absolute atomic E-state index is 0.0518. The van der Waals surface area contributed by atoms with Crippen LogP contribution in [0.4, 0.5) is 0 Å². The van der Waals surface area contributed by atoms with Crippen molar-refractivity contribution < 1.29 is 15.0 Å². The summed E-state index contributed by atoms with van der Waals surface area (Å²) in [4.78, 5) is 12.6. The Morgan fingerprint density at radius 3 is 0.627 bits per heavy atom. The number of hydrogen-bond acceptors (Lipinski definition) is 3. The second-order valence-electron chi connectivity index (χ2n) is 27.5. The van der Waals surface area contributed by atoms with Gasteiger partial charge in [-0.2, -0.15) is 0 Å². The monoisotopic (exact) mass is 1170 g/mol. The van der Waals surface area contributed by atoms with Crippen molar-refractivity contribution in [3.8, 4) is 0 Å². The van der Waals surface area contributed by atoms with Crippen molar-refractivity contribution >= 4 is 5.91 Å². The third kappa shape index (κ3) is 71.8. The number of carbonyl (C=O) groups excluding carboxylic acids is 1. The van der Waals surface area contributed by atoms with Gasteiger partial charge in [0.05, 0.1) is 18.8 Å². The Balaban J connectivity index is 3.36. The van der Waals surface area contributed by atoms with Crippen LogP contribution >= 0.6 is 0 Å². The highest BCUT2D eigenvalue weighted by atomic mass is 16.3. The van der Waals surface area contributed by atoms with Crippen molar-refractivity contribution in [2.75, 3.05) is 6.61 Å². The highest BCUT2D eigenvalue weighted by molar-refractivity contribution is 5.76. The molecule has 0 fully saturated rings. The van der Waals surface area contributed by atoms with Gasteiger partial charge < -0.3 is 15.5 Å². The van der Waals surface area contributed by atoms with Crippen LogP contribution < -0.4 is 5.32 Å². The number of amides is 1. The first kappa shape index (κ1) is 82.1. The van der Waals surface area contributed by atoms with E-state index >= 15 is 0 Å². The summed E-state index contributed by atoms with van der Waals surface area (Å²) in [5.41, 5.74) is 0. The Morgan fingerprint density at radius 1 is 0.277 bits per heavy atom. The van der Waals surface area contributed by atoms with Crippen LogP contribution in [-0.4, -0.2) is 34.9 Å². The molecule has 0 aromatic heterocycles. The smallest absolute Gasteiger partial charge is 0.220 e. The van der Waals surface area contributed by atoms with Gasteiger partial charge in [0.25, 0.3) is 0 Å². The molecule has 4 nitrogen and oxygen atoms in total. The zero-order chi connectivity index (χ0) is 59.8. The molecule has 0 aromatic carbocycles. The molecule has 0 heterocycles. The van der Waals surface area contributed by atoms with Crippen molar-refractivity contribution in [3.63, 3.8) is 0 Å². The van der Waals surface area contributed by atoms with E-state index in [4.69, 9.17) is 0 Å². The molecule has 0 spiro atoms. The topological polar surface area (TPSA) is 69.6 Å². The molecule has 496 valence electrons. The second kappa shape index (κ2) is 75.4. The van der Waals surface area contributed by atoms with Gasteiger partial charge >= 0.3 is 0 Å². The van der Waals surface area contributed by atoms with Crippen molar-refractivity contribution in [2.45, 2.75) is 482 Å². The fourth-order valence-corrected chi connectivity index (χ4v) is 13.1. The number of rotatable bonds is 75. The summed E-state index contributed by atoms with van der Waals surface area (Å²) in [5.74, 6) is -0.0518. The third-order valence-electron chi connectivity index (χ3n) is 19.0. The minimum Gasteiger partial charge on any atom is -0.394 e. The number of carbonyl (C=O) groups is 1. The van der Waals surface area contributed by atoms with E-state index in [1.807, 2.05) is 6.08 Å². The summed E-state index contributed by atoms with van der Waals surface area (Å²) in [7, 11) is 0. The van der Waals surface area contributed by atoms with Crippen LogP contribution in [-0.2, 0) is 4.79 Å². The molecule has 0 aliphatic carbocycles. The molecule has 3 N–H and O–H groups in total. The lowest BCUT2D eigenvalue weighted by Crippen LogP contribution is -2.45. The van der Waals surface area contributed by atoms with Crippen molar-refractivity contribution in [1.29, 1.82) is 0 Å². The average molecular weight is 1170 g/mol. The van der Waals surface area contributed by atoms with Gasteiger partial charge in [0, 0.05) is 6.42 Å². The molecule has 0 saturated carbocycles. The lowest BCUT2D eigenvalue weighted by atomic mass is 10.0. The van der Waals surface area contributed by atoms with E-state index in [1.54, 1.807) is 6.08 Å². The molecule has 2 unspecified atom stereocenters. The summed E-state index contributed by atoms with van der Waals surface area (Å²) in [6.45, 7) is 4.38. The first-order chi connectivity index (χ1) is 41.2. The number of hydrogen-bond donors (Lipinski definition) is 3. The number of nitrogens with one attached hydrogen (secondary N) is 1. The number of allylic oxidation sites excluding steroid dienone is 1. The number of aliphatic hydroxyl groups excluding tert-OH is 2. The molecule has 0 radical (unpaired) electrons. The molecule has 0 aromatic rings. The zero-order valence-corrected chi connectivity index (χ0v) is 57.5. The molecule has 0 aliphatic heterocycles. The highest BCUT2D eigenvalue weighted by Gasteiger charge is 2.18. The van der Waals surface area contributed by atoms with E-state index < -0.39 is 12.1 Å². The Hall–Kier alpha value is -0.870. The van der Waals surface area contributed by atoms with E-state index in [-0.39, 0.29) is 12.5 Å². The van der Waals surface area contributed by atoms with Crippen LogP contribution in [0.5, 0.6) is 0 Å². The Bertz CT molecular complexity index is 1190. The van der Waals surface area contributed by atoms with Crippen LogP contribution in [0.25, 0.3) is 0 Å². The van der Waals surface area contributed by atoms with Crippen LogP contribution in [0.3, 0.4) is 0 Å². The van der Waals surface area contributed by atoms with Crippen LogP contribution in [0.1, 0.15) is 470 Å². The molecule has 0 aliphatic rings. The Morgan fingerprint density at radius 2 is 0.446 bits per heavy atom. The SMILES string of the molecule is CCCCCCCCCCCCCCCCCCCCCCCCCCCCCCCC/C=C/C(O)C(CO)NC(=O)CCCCCCCCCCCCCCCCCCCCCCCCCCCCCCCCCCCCCCCCC. The zero-order valence-electron chi connectivity index (χ0n) is 57.5. The van der Waals surface area contributed by atoms with Crippen LogP contribution in [0.2, 0.25) is 0 Å². The molecule has 83 heavy (non-hydrogen) atoms. The first-order valence-electron chi connectivity index (χ1n) is 39.4. The molecular formula is C79H157NO3. The molecule has 0 rings (SSSR count). The number of aliphatic hydroxyl groups is 2. The summed E-state index contributed by atoms with van der Waals surface area (Å²) in [5, 5.41) is 23.4. The standard InChI is InChI=1S/C79H157NO3/c1-3-5-7-9-11-13-15-17-19-21-23-25-27-29-31-33-35-37-38-39-40-41-42-43-45-47-49-51-53-55-57-59-61-63-65-67-69-71-73-75-79(83)80-77(76-81)78(82)74-72-70-68-66-64-62-60-58-56-54-52-50-48-46-44-36-34-32-30-28-26-24-22-20-18-16-14-12-10-8-6-4-2/h72,74,77-78,81-82H,3-71,73,75-76H2,1-2H3,(H,80,83)/b74-72+. The maximum atomic E-state index is 12.6. The maximum absolute atomic E-state index is 12.6. The molecular weight excluding hydrogens is 1010 g/mol. The first-order valence-corrected chi connectivity index (χ1v) is 39.4. The van der Waals surface area contributed by atoms with Gasteiger partial charge in [-0.3, -0.25) is 4.79 Å². The molecule has 2 atom stereocenters. The summed E-state index contributed by atoms with van der Waals surface area (Å²) in [6.07, 6.45) is 102. The minimum atomic E-state index is -0.838. The second-order valence-corrected chi connectivity index (χ2v) is 27.5. The summed E-state index contributed by atoms with van der Waals surface area (Å²) < 4.78 is 0. The summed E-state index contributed by atoms with van der Waals surface area (Å²) >= 11 is 0. The highest BCUT2D eigenvalue weighted by Crippen LogP contribution is 2.21. The van der Waals surface area contributed by atoms with E-state index in [0.717, 1.165) is 25.7 Å². The number of unbranched alkanes of at least 4 members (excludes halogenated alkanes) is 68. The van der Waals surface area contributed by atoms with E-state index in [9.17, 15) is 15.0 Å². The fraction of sp³-hybridized carbons (Fsp3) is 0.962. The van der Waals surface area contributed by atoms with E-state index in [0.29, 0.717) is 6.42 Å². The van der Waals surface area contributed by atoms with Gasteiger partial charge in [-0.1, -0.05) is 456 Å². The third-order valence-corrected chi connectivity index (χ3v) is 19.0. The van der Waals surface area contributed by atoms with Crippen molar-refractivity contribution in [1.82, 2.24) is 5.32 Å². The molecule has 0 saturated heterocycles. The van der Waals surface area contributed by atoms with Crippen molar-refractivity contribution in [3.05, 3.63) is 12.2 Å². The average Bonchev–Trinajstić information content (AvgIpc) is 3.50. The molecule has 4 heteroatoms. The lowest BCUT2D eigenvalue weighted by Gasteiger charge is -2.20. The van der Waals surface area contributed by atoms with Gasteiger partial charge in [0.2, 0.25) is 5.91 Å². The predicted octanol–water partition coefficient (Wildman–Crippen LogP) is 27.1. The van der Waals surface area contributed by atoms with Crippen molar-refractivity contribution in [2.24, 2.45) is 0 Å². The largest absolute Gasteiger partial charge is 0.394 e. The quantitative estimate of drug-likeness (QED) is 0.0420. The normalized spacial score (nSPS) is 12.6. The van der Waals surface area contributed by atoms with Crippen LogP contribution in [0.15, 0.2) is 12.2 Å². The van der Waals surface area contributed by atoms with E-state index in [2.05, 4.69) is 19.2 Å². The Kier molecular flexibility index (Phi) is 74.6. The van der Waals surface area contributed by atoms with Gasteiger partial charge in [0.1, 0.15) is 0 Å². The van der Waals surface area contributed by atoms with Gasteiger partial charge in [-0.25, -0.2) is 0 Å². The Labute approximate surface area is 524 Å². The van der Waals surface area contributed by atoms with E-state index in [1.165, 1.54) is 424 Å². The maximum Gasteiger partial charge on any atom is 0.220 e. The van der Waals surface area contributed by atoms with Crippen LogP contribution in [0, 0.1) is 0 Å². The van der Waals surface area contributed by atoms with Gasteiger partial charge in [0.15, 0.2) is 0 Å². The van der Waals surface area contributed by atoms with Gasteiger partial charge in [-0.15, -0.1) is 0 Å². The lowest BCUT2D eigenvalue weighted by molar-refractivity contribution is -0.123. The molecule has 0 bridgehead atoms. The fourth-order valence-electron chi connectivity index (χ4n) is 13.1. The summed E-state index contributed by atoms with van der Waals surface area (Å²) in [6, 6.07) is -0.621. The van der Waals surface area contributed by atoms with Gasteiger partial charge in [-0.05, 0) is 19.3 Å².